The molecule has 2 aromatic rings. The third-order valence-electron chi connectivity index (χ3n) is 2.38. The van der Waals surface area contributed by atoms with E-state index >= 15 is 0 Å². The molecule has 0 saturated carbocycles. The maximum Gasteiger partial charge on any atom is 0.277 e. The van der Waals surface area contributed by atoms with Crippen molar-refractivity contribution in [1.29, 1.82) is 0 Å². The second kappa shape index (κ2) is 3.74. The van der Waals surface area contributed by atoms with Gasteiger partial charge in [-0.3, -0.25) is 4.79 Å². The first-order valence-electron chi connectivity index (χ1n) is 4.89. The van der Waals surface area contributed by atoms with Crippen molar-refractivity contribution in [3.05, 3.63) is 28.6 Å². The predicted octanol–water partition coefficient (Wildman–Crippen LogP) is 1.64. The van der Waals surface area contributed by atoms with Crippen molar-refractivity contribution >= 4 is 17.2 Å². The molecule has 0 radical (unpaired) electrons. The first-order chi connectivity index (χ1) is 8.24. The standard InChI is InChI=1S/C11H8N2O3S/c12-10(14)11-13-7(4-17-11)6-1-2-8-9(3-6)16-5-15-8/h1-4H,5H2,(H2,12,14). The van der Waals surface area contributed by atoms with Gasteiger partial charge < -0.3 is 15.2 Å². The van der Waals surface area contributed by atoms with Crippen LogP contribution in [0.1, 0.15) is 9.80 Å². The number of primary amides is 1. The van der Waals surface area contributed by atoms with Gasteiger partial charge in [0.25, 0.3) is 5.91 Å². The Bertz CT molecular complexity index is 594. The molecule has 0 atom stereocenters. The van der Waals surface area contributed by atoms with Gasteiger partial charge in [-0.25, -0.2) is 4.98 Å². The van der Waals surface area contributed by atoms with Crippen LogP contribution in [0.25, 0.3) is 11.3 Å². The van der Waals surface area contributed by atoms with Crippen molar-refractivity contribution < 1.29 is 14.3 Å². The molecule has 2 heterocycles. The highest BCUT2D eigenvalue weighted by atomic mass is 32.1. The highest BCUT2D eigenvalue weighted by Crippen LogP contribution is 2.35. The zero-order chi connectivity index (χ0) is 11.8. The third-order valence-corrected chi connectivity index (χ3v) is 3.24. The third kappa shape index (κ3) is 1.72. The molecule has 3 rings (SSSR count). The summed E-state index contributed by atoms with van der Waals surface area (Å²) < 4.78 is 10.5. The largest absolute Gasteiger partial charge is 0.454 e. The molecule has 1 aromatic heterocycles. The second-order valence-electron chi connectivity index (χ2n) is 3.47. The van der Waals surface area contributed by atoms with Crippen LogP contribution in [-0.2, 0) is 0 Å². The summed E-state index contributed by atoms with van der Waals surface area (Å²) in [5.74, 6) is 0.900. The molecule has 86 valence electrons. The number of ether oxygens (including phenoxy) is 2. The van der Waals surface area contributed by atoms with Crippen LogP contribution < -0.4 is 15.2 Å². The summed E-state index contributed by atoms with van der Waals surface area (Å²) in [6.45, 7) is 0.238. The van der Waals surface area contributed by atoms with Crippen molar-refractivity contribution in [3.8, 4) is 22.8 Å². The maximum atomic E-state index is 11.0. The summed E-state index contributed by atoms with van der Waals surface area (Å²) in [6, 6.07) is 5.52. The lowest BCUT2D eigenvalue weighted by Crippen LogP contribution is -2.10. The number of benzene rings is 1. The molecular formula is C11H8N2O3S. The van der Waals surface area contributed by atoms with E-state index in [1.807, 2.05) is 18.2 Å². The van der Waals surface area contributed by atoms with E-state index in [0.717, 1.165) is 11.3 Å². The van der Waals surface area contributed by atoms with Gasteiger partial charge in [-0.05, 0) is 18.2 Å². The quantitative estimate of drug-likeness (QED) is 0.876. The number of nitrogens with zero attached hydrogens (tertiary/aromatic N) is 1. The van der Waals surface area contributed by atoms with E-state index in [-0.39, 0.29) is 6.79 Å². The predicted molar refractivity (Wildman–Crippen MR) is 62.2 cm³/mol. The number of nitrogens with two attached hydrogens (primary N) is 1. The molecule has 0 unspecified atom stereocenters. The van der Waals surface area contributed by atoms with Gasteiger partial charge in [0.05, 0.1) is 5.69 Å². The number of rotatable bonds is 2. The topological polar surface area (TPSA) is 74.4 Å². The minimum absolute atomic E-state index is 0.238. The zero-order valence-corrected chi connectivity index (χ0v) is 9.49. The lowest BCUT2D eigenvalue weighted by molar-refractivity contribution is 0.1000. The average molecular weight is 248 g/mol. The molecule has 1 amide bonds. The normalized spacial score (nSPS) is 12.7. The number of carbonyl (C=O) groups is 1. The van der Waals surface area contributed by atoms with Gasteiger partial charge in [-0.2, -0.15) is 0 Å². The highest BCUT2D eigenvalue weighted by molar-refractivity contribution is 7.12. The van der Waals surface area contributed by atoms with Crippen molar-refractivity contribution in [2.24, 2.45) is 5.73 Å². The lowest BCUT2D eigenvalue weighted by Gasteiger charge is -1.99. The van der Waals surface area contributed by atoms with Crippen LogP contribution >= 0.6 is 11.3 Å². The Balaban J connectivity index is 2.00. The summed E-state index contributed by atoms with van der Waals surface area (Å²) in [6.07, 6.45) is 0. The molecule has 6 heteroatoms. The summed E-state index contributed by atoms with van der Waals surface area (Å²) in [4.78, 5) is 15.1. The van der Waals surface area contributed by atoms with Gasteiger partial charge in [0.1, 0.15) is 0 Å². The van der Waals surface area contributed by atoms with Crippen molar-refractivity contribution in [2.75, 3.05) is 6.79 Å². The average Bonchev–Trinajstić information content (AvgIpc) is 2.97. The van der Waals surface area contributed by atoms with Crippen molar-refractivity contribution in [1.82, 2.24) is 4.98 Å². The number of amides is 1. The fourth-order valence-electron chi connectivity index (χ4n) is 1.58. The summed E-state index contributed by atoms with van der Waals surface area (Å²) in [5.41, 5.74) is 6.74. The molecule has 2 N–H and O–H groups in total. The van der Waals surface area contributed by atoms with Gasteiger partial charge >= 0.3 is 0 Å². The first kappa shape index (κ1) is 10.1. The Hall–Kier alpha value is -2.08. The Kier molecular flexibility index (Phi) is 2.22. The SMILES string of the molecule is NC(=O)c1nc(-c2ccc3c(c2)OCO3)cs1. The summed E-state index contributed by atoms with van der Waals surface area (Å²) in [5, 5.41) is 2.09. The molecule has 0 fully saturated rings. The zero-order valence-electron chi connectivity index (χ0n) is 8.67. The molecule has 0 bridgehead atoms. The number of hydrogen-bond donors (Lipinski definition) is 1. The van der Waals surface area contributed by atoms with Gasteiger partial charge in [-0.15, -0.1) is 11.3 Å². The van der Waals surface area contributed by atoms with E-state index in [9.17, 15) is 4.79 Å². The molecule has 5 nitrogen and oxygen atoms in total. The first-order valence-corrected chi connectivity index (χ1v) is 5.77. The number of thiazole rings is 1. The Morgan fingerprint density at radius 1 is 1.35 bits per heavy atom. The molecule has 1 aliphatic heterocycles. The maximum absolute atomic E-state index is 11.0. The molecule has 1 aromatic carbocycles. The number of hydrogen-bond acceptors (Lipinski definition) is 5. The minimum atomic E-state index is -0.512. The van der Waals surface area contributed by atoms with E-state index in [1.54, 1.807) is 5.38 Å². The number of fused-ring (bicyclic) bond motifs is 1. The van der Waals surface area contributed by atoms with Crippen LogP contribution in [0.3, 0.4) is 0 Å². The van der Waals surface area contributed by atoms with Gasteiger partial charge in [0.2, 0.25) is 6.79 Å². The van der Waals surface area contributed by atoms with Gasteiger partial charge in [0.15, 0.2) is 16.5 Å². The molecule has 1 aliphatic rings. The Labute approximate surface area is 101 Å². The molecule has 17 heavy (non-hydrogen) atoms. The fourth-order valence-corrected chi connectivity index (χ4v) is 2.25. The van der Waals surface area contributed by atoms with Crippen LogP contribution in [0, 0.1) is 0 Å². The Morgan fingerprint density at radius 3 is 2.94 bits per heavy atom. The number of aromatic nitrogens is 1. The molecule has 0 saturated heterocycles. The van der Waals surface area contributed by atoms with Crippen LogP contribution in [0.4, 0.5) is 0 Å². The second-order valence-corrected chi connectivity index (χ2v) is 4.33. The van der Waals surface area contributed by atoms with Crippen LogP contribution in [-0.4, -0.2) is 17.7 Å². The lowest BCUT2D eigenvalue weighted by atomic mass is 10.1. The molecule has 0 aliphatic carbocycles. The van der Waals surface area contributed by atoms with Crippen molar-refractivity contribution in [2.45, 2.75) is 0 Å². The highest BCUT2D eigenvalue weighted by Gasteiger charge is 2.15. The molecule has 0 spiro atoms. The van der Waals surface area contributed by atoms with Crippen LogP contribution in [0.2, 0.25) is 0 Å². The van der Waals surface area contributed by atoms with E-state index in [0.29, 0.717) is 16.5 Å². The van der Waals surface area contributed by atoms with Crippen LogP contribution in [0.15, 0.2) is 23.6 Å². The van der Waals surface area contributed by atoms with Crippen molar-refractivity contribution in [3.63, 3.8) is 0 Å². The number of carbonyl (C=O) groups excluding carboxylic acids is 1. The Morgan fingerprint density at radius 2 is 2.18 bits per heavy atom. The summed E-state index contributed by atoms with van der Waals surface area (Å²) >= 11 is 1.23. The monoisotopic (exact) mass is 248 g/mol. The van der Waals surface area contributed by atoms with E-state index in [2.05, 4.69) is 4.98 Å². The van der Waals surface area contributed by atoms with Gasteiger partial charge in [0, 0.05) is 10.9 Å². The minimum Gasteiger partial charge on any atom is -0.454 e. The van der Waals surface area contributed by atoms with Gasteiger partial charge in [-0.1, -0.05) is 0 Å². The van der Waals surface area contributed by atoms with Crippen LogP contribution in [0.5, 0.6) is 11.5 Å². The smallest absolute Gasteiger partial charge is 0.277 e. The van der Waals surface area contributed by atoms with E-state index in [4.69, 9.17) is 15.2 Å². The summed E-state index contributed by atoms with van der Waals surface area (Å²) in [7, 11) is 0. The molecular weight excluding hydrogens is 240 g/mol. The van der Waals surface area contributed by atoms with E-state index < -0.39 is 5.91 Å². The van der Waals surface area contributed by atoms with E-state index in [1.165, 1.54) is 11.3 Å². The fraction of sp³-hybridized carbons (Fsp3) is 0.0909.